The fraction of sp³-hybridized carbons (Fsp3) is 0.846. The Morgan fingerprint density at radius 2 is 2.06 bits per heavy atom. The fourth-order valence-corrected chi connectivity index (χ4v) is 2.30. The molecule has 5 heteroatoms. The molecule has 2 amide bonds. The number of amides is 2. The predicted molar refractivity (Wildman–Crippen MR) is 71.0 cm³/mol. The molecule has 1 aliphatic rings. The van der Waals surface area contributed by atoms with Crippen LogP contribution in [-0.4, -0.2) is 54.0 Å². The predicted octanol–water partition coefficient (Wildman–Crippen LogP) is 0.803. The highest BCUT2D eigenvalue weighted by Crippen LogP contribution is 2.15. The summed E-state index contributed by atoms with van der Waals surface area (Å²) in [6.45, 7) is 9.19. The number of rotatable bonds is 7. The molecule has 104 valence electrons. The van der Waals surface area contributed by atoms with Crippen LogP contribution in [0.25, 0.3) is 0 Å². The molecule has 1 fully saturated rings. The molecule has 0 saturated carbocycles. The van der Waals surface area contributed by atoms with Gasteiger partial charge < -0.3 is 10.2 Å². The van der Waals surface area contributed by atoms with Crippen molar-refractivity contribution >= 4 is 11.8 Å². The maximum atomic E-state index is 12.1. The van der Waals surface area contributed by atoms with Crippen LogP contribution in [0.4, 0.5) is 0 Å². The monoisotopic (exact) mass is 255 g/mol. The first-order valence-electron chi connectivity index (χ1n) is 6.93. The number of nitrogens with one attached hydrogen (secondary N) is 1. The lowest BCUT2D eigenvalue weighted by Crippen LogP contribution is -2.49. The van der Waals surface area contributed by atoms with Gasteiger partial charge in [-0.15, -0.1) is 0 Å². The van der Waals surface area contributed by atoms with E-state index in [1.165, 1.54) is 0 Å². The van der Waals surface area contributed by atoms with Gasteiger partial charge in [-0.2, -0.15) is 0 Å². The quantitative estimate of drug-likeness (QED) is 0.685. The van der Waals surface area contributed by atoms with E-state index in [0.717, 1.165) is 26.1 Å². The Morgan fingerprint density at radius 1 is 1.39 bits per heavy atom. The normalized spacial score (nSPS) is 17.3. The van der Waals surface area contributed by atoms with Crippen molar-refractivity contribution in [1.82, 2.24) is 15.1 Å². The first-order chi connectivity index (χ1) is 8.63. The lowest BCUT2D eigenvalue weighted by atomic mass is 10.2. The summed E-state index contributed by atoms with van der Waals surface area (Å²) < 4.78 is 0. The second-order valence-corrected chi connectivity index (χ2v) is 4.62. The van der Waals surface area contributed by atoms with Gasteiger partial charge in [0, 0.05) is 13.0 Å². The van der Waals surface area contributed by atoms with Gasteiger partial charge in [-0.1, -0.05) is 20.8 Å². The Morgan fingerprint density at radius 3 is 2.50 bits per heavy atom. The molecule has 1 atom stereocenters. The minimum atomic E-state index is -0.296. The molecule has 1 heterocycles. The lowest BCUT2D eigenvalue weighted by molar-refractivity contribution is -0.137. The van der Waals surface area contributed by atoms with Gasteiger partial charge in [0.15, 0.2) is 0 Å². The van der Waals surface area contributed by atoms with Gasteiger partial charge in [-0.05, 0) is 25.9 Å². The maximum absolute atomic E-state index is 12.1. The zero-order chi connectivity index (χ0) is 13.5. The van der Waals surface area contributed by atoms with Gasteiger partial charge in [-0.3, -0.25) is 14.5 Å². The van der Waals surface area contributed by atoms with E-state index in [1.807, 2.05) is 6.92 Å². The van der Waals surface area contributed by atoms with Gasteiger partial charge in [0.1, 0.15) is 6.04 Å². The summed E-state index contributed by atoms with van der Waals surface area (Å²) in [6, 6.07) is -0.296. The van der Waals surface area contributed by atoms with Crippen molar-refractivity contribution < 1.29 is 9.59 Å². The van der Waals surface area contributed by atoms with Crippen LogP contribution >= 0.6 is 0 Å². The third-order valence-corrected chi connectivity index (χ3v) is 3.55. The highest BCUT2D eigenvalue weighted by Gasteiger charge is 2.31. The molecule has 0 aromatic rings. The van der Waals surface area contributed by atoms with Gasteiger partial charge >= 0.3 is 0 Å². The summed E-state index contributed by atoms with van der Waals surface area (Å²) >= 11 is 0. The number of likely N-dealkylation sites (tertiary alicyclic amines) is 1. The highest BCUT2D eigenvalue weighted by atomic mass is 16.2. The first kappa shape index (κ1) is 15.0. The molecule has 0 aromatic heterocycles. The van der Waals surface area contributed by atoms with Crippen molar-refractivity contribution in [2.24, 2.45) is 0 Å². The average Bonchev–Trinajstić information content (AvgIpc) is 2.78. The van der Waals surface area contributed by atoms with Crippen LogP contribution in [0.3, 0.4) is 0 Å². The van der Waals surface area contributed by atoms with Crippen molar-refractivity contribution in [3.63, 3.8) is 0 Å². The molecule has 1 N–H and O–H groups in total. The van der Waals surface area contributed by atoms with E-state index in [1.54, 1.807) is 4.90 Å². The van der Waals surface area contributed by atoms with Crippen LogP contribution in [0.5, 0.6) is 0 Å². The third kappa shape index (κ3) is 3.70. The minimum Gasteiger partial charge on any atom is -0.342 e. The number of carbonyl (C=O) groups is 2. The molecule has 0 bridgehead atoms. The van der Waals surface area contributed by atoms with Crippen molar-refractivity contribution in [1.29, 1.82) is 0 Å². The van der Waals surface area contributed by atoms with Crippen molar-refractivity contribution in [3.8, 4) is 0 Å². The first-order valence-corrected chi connectivity index (χ1v) is 6.93. The van der Waals surface area contributed by atoms with E-state index in [9.17, 15) is 9.59 Å². The Balaban J connectivity index is 2.49. The molecule has 5 nitrogen and oxygen atoms in total. The molecule has 1 rings (SSSR count). The summed E-state index contributed by atoms with van der Waals surface area (Å²) in [6.07, 6.45) is 2.13. The summed E-state index contributed by atoms with van der Waals surface area (Å²) in [5, 5.41) is 2.93. The van der Waals surface area contributed by atoms with Crippen molar-refractivity contribution in [2.45, 2.75) is 46.1 Å². The molecule has 0 radical (unpaired) electrons. The summed E-state index contributed by atoms with van der Waals surface area (Å²) in [5.41, 5.74) is 0. The summed E-state index contributed by atoms with van der Waals surface area (Å²) in [5.74, 6) is 0.0829. The molecular weight excluding hydrogens is 230 g/mol. The van der Waals surface area contributed by atoms with E-state index >= 15 is 0 Å². The van der Waals surface area contributed by atoms with E-state index in [0.29, 0.717) is 19.5 Å². The topological polar surface area (TPSA) is 52.7 Å². The number of hydrogen-bond acceptors (Lipinski definition) is 3. The molecule has 1 saturated heterocycles. The van der Waals surface area contributed by atoms with Crippen LogP contribution in [0.15, 0.2) is 0 Å². The molecular formula is C13H25N3O2. The van der Waals surface area contributed by atoms with Crippen LogP contribution in [0.2, 0.25) is 0 Å². The highest BCUT2D eigenvalue weighted by molar-refractivity contribution is 5.88. The Hall–Kier alpha value is -1.10. The van der Waals surface area contributed by atoms with E-state index in [2.05, 4.69) is 24.1 Å². The summed E-state index contributed by atoms with van der Waals surface area (Å²) in [4.78, 5) is 27.6. The SMILES string of the molecule is CCC(C(=O)NCN(CC)CC)N1CCCC1=O. The van der Waals surface area contributed by atoms with E-state index in [4.69, 9.17) is 0 Å². The third-order valence-electron chi connectivity index (χ3n) is 3.55. The molecule has 0 spiro atoms. The van der Waals surface area contributed by atoms with Gasteiger partial charge in [-0.25, -0.2) is 0 Å². The van der Waals surface area contributed by atoms with Crippen molar-refractivity contribution in [3.05, 3.63) is 0 Å². The smallest absolute Gasteiger partial charge is 0.243 e. The maximum Gasteiger partial charge on any atom is 0.243 e. The Labute approximate surface area is 110 Å². The average molecular weight is 255 g/mol. The Bertz CT molecular complexity index is 290. The van der Waals surface area contributed by atoms with E-state index < -0.39 is 0 Å². The second kappa shape index (κ2) is 7.36. The molecule has 18 heavy (non-hydrogen) atoms. The molecule has 1 aliphatic heterocycles. The van der Waals surface area contributed by atoms with Gasteiger partial charge in [0.2, 0.25) is 11.8 Å². The zero-order valence-corrected chi connectivity index (χ0v) is 11.7. The molecule has 0 aliphatic carbocycles. The second-order valence-electron chi connectivity index (χ2n) is 4.62. The summed E-state index contributed by atoms with van der Waals surface area (Å²) in [7, 11) is 0. The number of carbonyl (C=O) groups excluding carboxylic acids is 2. The number of hydrogen-bond donors (Lipinski definition) is 1. The van der Waals surface area contributed by atoms with Gasteiger partial charge in [0.05, 0.1) is 6.67 Å². The largest absolute Gasteiger partial charge is 0.342 e. The standard InChI is InChI=1S/C13H25N3O2/c1-4-11(16-9-7-8-12(16)17)13(18)14-10-15(5-2)6-3/h11H,4-10H2,1-3H3,(H,14,18). The van der Waals surface area contributed by atoms with Crippen LogP contribution in [-0.2, 0) is 9.59 Å². The Kier molecular flexibility index (Phi) is 6.12. The molecule has 1 unspecified atom stereocenters. The van der Waals surface area contributed by atoms with Crippen molar-refractivity contribution in [2.75, 3.05) is 26.3 Å². The van der Waals surface area contributed by atoms with Crippen LogP contribution in [0, 0.1) is 0 Å². The van der Waals surface area contributed by atoms with Crippen LogP contribution < -0.4 is 5.32 Å². The fourth-order valence-electron chi connectivity index (χ4n) is 2.30. The minimum absolute atomic E-state index is 0.0281. The number of nitrogens with zero attached hydrogens (tertiary/aromatic N) is 2. The molecule has 0 aromatic carbocycles. The lowest BCUT2D eigenvalue weighted by Gasteiger charge is -2.27. The zero-order valence-electron chi connectivity index (χ0n) is 11.7. The van der Waals surface area contributed by atoms with Crippen LogP contribution in [0.1, 0.15) is 40.0 Å². The van der Waals surface area contributed by atoms with Gasteiger partial charge in [0.25, 0.3) is 0 Å². The van der Waals surface area contributed by atoms with E-state index in [-0.39, 0.29) is 17.9 Å².